The Kier molecular flexibility index (Phi) is 4.83. The Balaban J connectivity index is 1.46. The molecule has 0 saturated carbocycles. The molecule has 1 saturated heterocycles. The zero-order valence-corrected chi connectivity index (χ0v) is 16.1. The average molecular weight is 448 g/mol. The second-order valence-electron chi connectivity index (χ2n) is 6.36. The van der Waals surface area contributed by atoms with Gasteiger partial charge in [-0.25, -0.2) is 13.1 Å². The minimum absolute atomic E-state index is 0.0646. The number of sulfonamides is 1. The van der Waals surface area contributed by atoms with Crippen molar-refractivity contribution in [3.05, 3.63) is 53.1 Å². The van der Waals surface area contributed by atoms with Crippen molar-refractivity contribution in [2.75, 3.05) is 13.1 Å². The van der Waals surface area contributed by atoms with Crippen molar-refractivity contribution in [2.24, 2.45) is 0 Å². The number of alkyl halides is 3. The van der Waals surface area contributed by atoms with Crippen molar-refractivity contribution < 1.29 is 21.6 Å². The van der Waals surface area contributed by atoms with Crippen LogP contribution >= 0.6 is 11.6 Å². The molecule has 0 spiro atoms. The van der Waals surface area contributed by atoms with Crippen molar-refractivity contribution in [1.82, 2.24) is 34.3 Å². The highest BCUT2D eigenvalue weighted by atomic mass is 35.5. The molecule has 2 aromatic heterocycles. The van der Waals surface area contributed by atoms with E-state index >= 15 is 0 Å². The zero-order chi connectivity index (χ0) is 20.8. The molecule has 0 N–H and O–H groups in total. The molecule has 14 heteroatoms. The van der Waals surface area contributed by atoms with Crippen LogP contribution < -0.4 is 0 Å². The van der Waals surface area contributed by atoms with Crippen molar-refractivity contribution >= 4 is 21.6 Å². The lowest BCUT2D eigenvalue weighted by molar-refractivity contribution is -0.137. The summed E-state index contributed by atoms with van der Waals surface area (Å²) in [5, 5.41) is 15.3. The van der Waals surface area contributed by atoms with Crippen LogP contribution in [0.15, 0.2) is 41.7 Å². The largest absolute Gasteiger partial charge is 0.417 e. The van der Waals surface area contributed by atoms with Crippen molar-refractivity contribution in [3.8, 4) is 0 Å². The van der Waals surface area contributed by atoms with Gasteiger partial charge in [-0.15, -0.1) is 5.10 Å². The van der Waals surface area contributed by atoms with E-state index in [1.54, 1.807) is 6.20 Å². The molecule has 0 amide bonds. The maximum atomic E-state index is 13.0. The third kappa shape index (κ3) is 3.84. The lowest BCUT2D eigenvalue weighted by Crippen LogP contribution is -2.50. The van der Waals surface area contributed by atoms with Crippen LogP contribution in [0, 0.1) is 0 Å². The Bertz CT molecular complexity index is 1130. The van der Waals surface area contributed by atoms with Crippen molar-refractivity contribution in [1.29, 1.82) is 0 Å². The Labute approximate surface area is 167 Å². The Morgan fingerprint density at radius 2 is 1.86 bits per heavy atom. The first-order valence-corrected chi connectivity index (χ1v) is 10.1. The first kappa shape index (κ1) is 19.8. The summed E-state index contributed by atoms with van der Waals surface area (Å²) >= 11 is 5.56. The summed E-state index contributed by atoms with van der Waals surface area (Å²) in [7, 11) is -4.09. The van der Waals surface area contributed by atoms with Crippen LogP contribution in [-0.4, -0.2) is 55.8 Å². The maximum Gasteiger partial charge on any atom is 0.417 e. The number of hydrogen-bond acceptors (Lipinski definition) is 6. The van der Waals surface area contributed by atoms with Gasteiger partial charge in [-0.1, -0.05) is 16.8 Å². The summed E-state index contributed by atoms with van der Waals surface area (Å²) in [5.74, 6) is 0. The highest BCUT2D eigenvalue weighted by Gasteiger charge is 2.40. The molecule has 1 aliphatic rings. The van der Waals surface area contributed by atoms with Crippen LogP contribution in [0.4, 0.5) is 13.2 Å². The minimum Gasteiger partial charge on any atom is -0.246 e. The Hall–Kier alpha value is -2.51. The number of halogens is 4. The SMILES string of the molecule is O=S(=O)(c1ccc(Cl)c(C(F)(F)F)c1)N1CC(n2cc(Cn3nccn3)nn2)C1. The lowest BCUT2D eigenvalue weighted by Gasteiger charge is -2.37. The van der Waals surface area contributed by atoms with E-state index in [0.717, 1.165) is 16.4 Å². The third-order valence-corrected chi connectivity index (χ3v) is 6.57. The van der Waals surface area contributed by atoms with Gasteiger partial charge < -0.3 is 0 Å². The van der Waals surface area contributed by atoms with Gasteiger partial charge in [0.05, 0.1) is 40.1 Å². The number of nitrogens with zero attached hydrogens (tertiary/aromatic N) is 7. The van der Waals surface area contributed by atoms with Gasteiger partial charge in [-0.3, -0.25) is 0 Å². The van der Waals surface area contributed by atoms with Gasteiger partial charge in [0.15, 0.2) is 0 Å². The molecule has 0 unspecified atom stereocenters. The molecule has 154 valence electrons. The molecular formula is C15H13ClF3N7O2S. The molecular weight excluding hydrogens is 435 g/mol. The Morgan fingerprint density at radius 1 is 1.17 bits per heavy atom. The molecule has 0 atom stereocenters. The van der Waals surface area contributed by atoms with E-state index in [-0.39, 0.29) is 19.1 Å². The topological polar surface area (TPSA) is 98.8 Å². The van der Waals surface area contributed by atoms with Crippen molar-refractivity contribution in [3.63, 3.8) is 0 Å². The summed E-state index contributed by atoms with van der Waals surface area (Å²) in [5.41, 5.74) is -0.597. The molecule has 4 rings (SSSR count). The van der Waals surface area contributed by atoms with Gasteiger partial charge >= 0.3 is 6.18 Å². The fourth-order valence-corrected chi connectivity index (χ4v) is 4.61. The molecule has 1 aromatic carbocycles. The molecule has 3 heterocycles. The number of benzene rings is 1. The fraction of sp³-hybridized carbons (Fsp3) is 0.333. The van der Waals surface area contributed by atoms with E-state index in [2.05, 4.69) is 20.5 Å². The van der Waals surface area contributed by atoms with Crippen LogP contribution in [-0.2, 0) is 22.7 Å². The van der Waals surface area contributed by atoms with Gasteiger partial charge in [-0.2, -0.15) is 32.5 Å². The van der Waals surface area contributed by atoms with Crippen LogP contribution in [0.25, 0.3) is 0 Å². The second-order valence-corrected chi connectivity index (χ2v) is 8.71. The van der Waals surface area contributed by atoms with Crippen LogP contribution in [0.5, 0.6) is 0 Å². The van der Waals surface area contributed by atoms with Gasteiger partial charge in [0.1, 0.15) is 12.2 Å². The van der Waals surface area contributed by atoms with E-state index in [1.165, 1.54) is 21.9 Å². The number of aromatic nitrogens is 6. The fourth-order valence-electron chi connectivity index (χ4n) is 2.85. The van der Waals surface area contributed by atoms with Crippen molar-refractivity contribution in [2.45, 2.75) is 23.7 Å². The summed E-state index contributed by atoms with van der Waals surface area (Å²) in [6.45, 7) is 0.441. The molecule has 29 heavy (non-hydrogen) atoms. The zero-order valence-electron chi connectivity index (χ0n) is 14.5. The molecule has 3 aromatic rings. The summed E-state index contributed by atoms with van der Waals surface area (Å²) < 4.78 is 66.9. The van der Waals surface area contributed by atoms with E-state index < -0.39 is 31.7 Å². The van der Waals surface area contributed by atoms with E-state index in [4.69, 9.17) is 11.6 Å². The normalized spacial score (nSPS) is 16.1. The molecule has 1 fully saturated rings. The monoisotopic (exact) mass is 447 g/mol. The first-order chi connectivity index (χ1) is 13.6. The highest BCUT2D eigenvalue weighted by Crippen LogP contribution is 2.37. The third-order valence-electron chi connectivity index (χ3n) is 4.41. The number of hydrogen-bond donors (Lipinski definition) is 0. The minimum atomic E-state index is -4.75. The predicted molar refractivity (Wildman–Crippen MR) is 93.4 cm³/mol. The van der Waals surface area contributed by atoms with E-state index in [0.29, 0.717) is 18.3 Å². The molecule has 1 aliphatic heterocycles. The maximum absolute atomic E-state index is 13.0. The summed E-state index contributed by atoms with van der Waals surface area (Å²) in [4.78, 5) is 0.960. The van der Waals surface area contributed by atoms with Crippen LogP contribution in [0.2, 0.25) is 5.02 Å². The molecule has 9 nitrogen and oxygen atoms in total. The number of rotatable bonds is 5. The average Bonchev–Trinajstić information content (AvgIpc) is 3.25. The standard InChI is InChI=1S/C15H13ClF3N7O2S/c16-14-2-1-12(5-13(14)15(17,18)19)29(27,28)24-8-11(9-24)25-6-10(22-23-25)7-26-20-3-4-21-26/h1-6,11H,7-9H2. The van der Waals surface area contributed by atoms with Gasteiger partial charge in [0, 0.05) is 13.1 Å². The van der Waals surface area contributed by atoms with E-state index in [1.807, 2.05) is 0 Å². The summed E-state index contributed by atoms with van der Waals surface area (Å²) in [6, 6.07) is 2.27. The second kappa shape index (κ2) is 7.07. The highest BCUT2D eigenvalue weighted by molar-refractivity contribution is 7.89. The van der Waals surface area contributed by atoms with Gasteiger partial charge in [-0.05, 0) is 18.2 Å². The first-order valence-electron chi connectivity index (χ1n) is 8.26. The smallest absolute Gasteiger partial charge is 0.246 e. The quantitative estimate of drug-likeness (QED) is 0.591. The van der Waals surface area contributed by atoms with Gasteiger partial charge in [0.25, 0.3) is 0 Å². The lowest BCUT2D eigenvalue weighted by atomic mass is 10.2. The Morgan fingerprint density at radius 3 is 2.52 bits per heavy atom. The van der Waals surface area contributed by atoms with Gasteiger partial charge in [0.2, 0.25) is 10.0 Å². The van der Waals surface area contributed by atoms with E-state index in [9.17, 15) is 21.6 Å². The van der Waals surface area contributed by atoms with Crippen LogP contribution in [0.3, 0.4) is 0 Å². The molecule has 0 radical (unpaired) electrons. The molecule has 0 bridgehead atoms. The predicted octanol–water partition coefficient (Wildman–Crippen LogP) is 1.84. The van der Waals surface area contributed by atoms with Crippen LogP contribution in [0.1, 0.15) is 17.3 Å². The molecule has 0 aliphatic carbocycles. The summed E-state index contributed by atoms with van der Waals surface area (Å²) in [6.07, 6.45) is -0.0389.